The molecular formula is C51H29N3O3. The lowest BCUT2D eigenvalue weighted by Gasteiger charge is -2.08. The van der Waals surface area contributed by atoms with E-state index in [4.69, 9.17) is 28.2 Å². The zero-order chi connectivity index (χ0) is 37.5. The summed E-state index contributed by atoms with van der Waals surface area (Å²) in [5.41, 5.74) is 11.6. The summed E-state index contributed by atoms with van der Waals surface area (Å²) in [6.07, 6.45) is 0. The lowest BCUT2D eigenvalue weighted by molar-refractivity contribution is 0.669. The molecule has 0 N–H and O–H groups in total. The summed E-state index contributed by atoms with van der Waals surface area (Å²) >= 11 is 0. The van der Waals surface area contributed by atoms with Gasteiger partial charge in [-0.3, -0.25) is 0 Å². The van der Waals surface area contributed by atoms with Crippen LogP contribution in [0.5, 0.6) is 0 Å². The van der Waals surface area contributed by atoms with Crippen LogP contribution in [0.4, 0.5) is 0 Å². The van der Waals surface area contributed by atoms with Crippen LogP contribution in [-0.4, -0.2) is 15.0 Å². The summed E-state index contributed by atoms with van der Waals surface area (Å²) in [6, 6.07) is 59.7. The van der Waals surface area contributed by atoms with Crippen molar-refractivity contribution in [3.8, 4) is 56.4 Å². The van der Waals surface area contributed by atoms with Crippen LogP contribution in [0.1, 0.15) is 0 Å². The smallest absolute Gasteiger partial charge is 0.167 e. The molecule has 0 spiro atoms. The van der Waals surface area contributed by atoms with Crippen molar-refractivity contribution in [3.05, 3.63) is 176 Å². The molecule has 4 aromatic heterocycles. The molecule has 6 heteroatoms. The van der Waals surface area contributed by atoms with Crippen LogP contribution < -0.4 is 0 Å². The molecule has 0 bridgehead atoms. The van der Waals surface area contributed by atoms with Crippen molar-refractivity contribution in [1.82, 2.24) is 15.0 Å². The van der Waals surface area contributed by atoms with Gasteiger partial charge < -0.3 is 13.3 Å². The van der Waals surface area contributed by atoms with Crippen molar-refractivity contribution in [2.45, 2.75) is 0 Å². The van der Waals surface area contributed by atoms with E-state index >= 15 is 0 Å². The SMILES string of the molecule is c1ccc(-c2nc(-c3ccccc3)nc(-c3cccc4c3oc3cc(-c5cccc6c5oc5c(-c7cccc8oc9ccccc9c78)cccc56)ccc34)n2)cc1. The zero-order valence-corrected chi connectivity index (χ0v) is 30.3. The topological polar surface area (TPSA) is 78.1 Å². The van der Waals surface area contributed by atoms with E-state index in [1.807, 2.05) is 97.1 Å². The van der Waals surface area contributed by atoms with E-state index in [0.29, 0.717) is 17.5 Å². The van der Waals surface area contributed by atoms with E-state index < -0.39 is 0 Å². The van der Waals surface area contributed by atoms with Gasteiger partial charge in [-0.15, -0.1) is 0 Å². The average Bonchev–Trinajstić information content (AvgIpc) is 3.98. The molecule has 0 saturated heterocycles. The summed E-state index contributed by atoms with van der Waals surface area (Å²) in [5, 5.41) is 6.29. The molecular weight excluding hydrogens is 703 g/mol. The molecule has 0 aliphatic heterocycles. The Labute approximate surface area is 325 Å². The van der Waals surface area contributed by atoms with Crippen LogP contribution in [0.2, 0.25) is 0 Å². The van der Waals surface area contributed by atoms with E-state index in [-0.39, 0.29) is 0 Å². The molecule has 6 nitrogen and oxygen atoms in total. The lowest BCUT2D eigenvalue weighted by Crippen LogP contribution is -2.00. The second-order valence-electron chi connectivity index (χ2n) is 14.3. The maximum Gasteiger partial charge on any atom is 0.167 e. The first-order chi connectivity index (χ1) is 28.2. The molecule has 0 amide bonds. The van der Waals surface area contributed by atoms with Gasteiger partial charge in [-0.2, -0.15) is 0 Å². The van der Waals surface area contributed by atoms with E-state index in [0.717, 1.165) is 105 Å². The van der Waals surface area contributed by atoms with Gasteiger partial charge in [0.15, 0.2) is 17.5 Å². The normalized spacial score (nSPS) is 11.9. The minimum atomic E-state index is 0.551. The first-order valence-electron chi connectivity index (χ1n) is 18.9. The Hall–Kier alpha value is -7.83. The summed E-state index contributed by atoms with van der Waals surface area (Å²) in [5.74, 6) is 1.76. The molecule has 0 radical (unpaired) electrons. The standard InChI is InChI=1S/C51H29N3O3/c1-3-13-30(14-4-1)49-52-50(31-15-5-2-6-16-31)54-51(53-49)41-24-11-20-36-34-28-27-32(29-44(34)56-48(36)41)33-18-9-22-38-39-23-10-21-37(47(39)57-46(33)38)35-19-12-26-43-45(35)40-17-7-8-25-42(40)55-43/h1-29H. The third-order valence-electron chi connectivity index (χ3n) is 11.0. The minimum Gasteiger partial charge on any atom is -0.456 e. The van der Waals surface area contributed by atoms with Crippen molar-refractivity contribution in [3.63, 3.8) is 0 Å². The number of hydrogen-bond acceptors (Lipinski definition) is 6. The number of furan rings is 3. The predicted octanol–water partition coefficient (Wildman–Crippen LogP) is 13.9. The van der Waals surface area contributed by atoms with Crippen LogP contribution >= 0.6 is 0 Å². The first-order valence-corrected chi connectivity index (χ1v) is 18.9. The van der Waals surface area contributed by atoms with Gasteiger partial charge in [-0.1, -0.05) is 146 Å². The number of rotatable bonds is 5. The average molecular weight is 732 g/mol. The number of nitrogens with zero attached hydrogens (tertiary/aromatic N) is 3. The van der Waals surface area contributed by atoms with Crippen LogP contribution in [0, 0.1) is 0 Å². The second-order valence-corrected chi connectivity index (χ2v) is 14.3. The van der Waals surface area contributed by atoms with Gasteiger partial charge in [0.2, 0.25) is 0 Å². The van der Waals surface area contributed by atoms with E-state index in [1.165, 1.54) is 0 Å². The van der Waals surface area contributed by atoms with Crippen molar-refractivity contribution in [1.29, 1.82) is 0 Å². The fourth-order valence-electron chi connectivity index (χ4n) is 8.33. The highest BCUT2D eigenvalue weighted by Gasteiger charge is 2.21. The van der Waals surface area contributed by atoms with Gasteiger partial charge in [0.1, 0.15) is 33.5 Å². The highest BCUT2D eigenvalue weighted by Crippen LogP contribution is 2.44. The highest BCUT2D eigenvalue weighted by atomic mass is 16.3. The van der Waals surface area contributed by atoms with Gasteiger partial charge in [0, 0.05) is 54.6 Å². The van der Waals surface area contributed by atoms with Crippen molar-refractivity contribution >= 4 is 65.8 Å². The molecule has 0 unspecified atom stereocenters. The molecule has 12 rings (SSSR count). The minimum absolute atomic E-state index is 0.551. The monoisotopic (exact) mass is 731 g/mol. The molecule has 0 saturated carbocycles. The third-order valence-corrected chi connectivity index (χ3v) is 11.0. The van der Waals surface area contributed by atoms with Crippen LogP contribution in [0.3, 0.4) is 0 Å². The van der Waals surface area contributed by atoms with Crippen LogP contribution in [-0.2, 0) is 0 Å². The largest absolute Gasteiger partial charge is 0.456 e. The molecule has 4 heterocycles. The van der Waals surface area contributed by atoms with Gasteiger partial charge >= 0.3 is 0 Å². The maximum absolute atomic E-state index is 6.92. The molecule has 0 aliphatic rings. The Morgan fingerprint density at radius 1 is 0.281 bits per heavy atom. The number of aromatic nitrogens is 3. The summed E-state index contributed by atoms with van der Waals surface area (Å²) in [7, 11) is 0. The Morgan fingerprint density at radius 3 is 1.54 bits per heavy atom. The number of hydrogen-bond donors (Lipinski definition) is 0. The van der Waals surface area contributed by atoms with Gasteiger partial charge in [0.25, 0.3) is 0 Å². The fourth-order valence-corrected chi connectivity index (χ4v) is 8.33. The predicted molar refractivity (Wildman–Crippen MR) is 229 cm³/mol. The molecule has 0 fully saturated rings. The van der Waals surface area contributed by atoms with Gasteiger partial charge in [-0.05, 0) is 41.5 Å². The van der Waals surface area contributed by atoms with Crippen molar-refractivity contribution in [2.75, 3.05) is 0 Å². The van der Waals surface area contributed by atoms with Gasteiger partial charge in [-0.25, -0.2) is 15.0 Å². The quantitative estimate of drug-likeness (QED) is 0.175. The van der Waals surface area contributed by atoms with Crippen molar-refractivity contribution < 1.29 is 13.3 Å². The number of benzene rings is 8. The number of fused-ring (bicyclic) bond motifs is 9. The molecule has 0 aliphatic carbocycles. The van der Waals surface area contributed by atoms with Gasteiger partial charge in [0.05, 0.1) is 5.56 Å². The Balaban J connectivity index is 1.01. The van der Waals surface area contributed by atoms with E-state index in [9.17, 15) is 0 Å². The van der Waals surface area contributed by atoms with E-state index in [1.54, 1.807) is 0 Å². The Morgan fingerprint density at radius 2 is 0.807 bits per heavy atom. The molecule has 12 aromatic rings. The maximum atomic E-state index is 6.92. The van der Waals surface area contributed by atoms with E-state index in [2.05, 4.69) is 78.9 Å². The molecule has 57 heavy (non-hydrogen) atoms. The molecule has 8 aromatic carbocycles. The zero-order valence-electron chi connectivity index (χ0n) is 30.3. The first kappa shape index (κ1) is 31.5. The molecule has 0 atom stereocenters. The lowest BCUT2D eigenvalue weighted by atomic mass is 9.97. The third kappa shape index (κ3) is 4.94. The molecule has 266 valence electrons. The Bertz CT molecular complexity index is 3470. The summed E-state index contributed by atoms with van der Waals surface area (Å²) in [4.78, 5) is 14.9. The second kappa shape index (κ2) is 12.3. The summed E-state index contributed by atoms with van der Waals surface area (Å²) in [6.45, 7) is 0. The van der Waals surface area contributed by atoms with Crippen LogP contribution in [0.25, 0.3) is 122 Å². The van der Waals surface area contributed by atoms with Crippen LogP contribution in [0.15, 0.2) is 189 Å². The highest BCUT2D eigenvalue weighted by molar-refractivity contribution is 6.18. The summed E-state index contributed by atoms with van der Waals surface area (Å²) < 4.78 is 19.9. The Kier molecular flexibility index (Phi) is 6.83. The fraction of sp³-hybridized carbons (Fsp3) is 0. The number of para-hydroxylation sites is 4. The van der Waals surface area contributed by atoms with Crippen molar-refractivity contribution in [2.24, 2.45) is 0 Å².